The Balaban J connectivity index is 1.43. The van der Waals surface area contributed by atoms with Gasteiger partial charge < -0.3 is 72.9 Å². The van der Waals surface area contributed by atoms with Gasteiger partial charge in [0, 0.05) is 56.0 Å². The quantitative estimate of drug-likeness (QED) is 0.0408. The zero-order valence-corrected chi connectivity index (χ0v) is 35.5. The van der Waals surface area contributed by atoms with E-state index < -0.39 is 108 Å². The zero-order chi connectivity index (χ0) is 47.8. The van der Waals surface area contributed by atoms with Crippen molar-refractivity contribution in [2.75, 3.05) is 13.1 Å². The highest BCUT2D eigenvalue weighted by Crippen LogP contribution is 2.19. The van der Waals surface area contributed by atoms with Gasteiger partial charge in [0.25, 0.3) is 0 Å². The van der Waals surface area contributed by atoms with Crippen LogP contribution in [0.4, 0.5) is 0 Å². The number of amides is 7. The van der Waals surface area contributed by atoms with Crippen molar-refractivity contribution in [3.8, 4) is 5.75 Å². The molecule has 8 atom stereocenters. The topological polar surface area (TPSA) is 393 Å². The average Bonchev–Trinajstić information content (AvgIpc) is 4.08. The standard InChI is InChI=1S/C40H54N12O13/c1-20(47-34(58)26(41)9-10-32(56)57)39(63)52-11-3-4-30(52)37(61)44-17-31(55)51-33(21(2)53)38(62)49-27(12-22-5-7-25(54)8-6-22)35(59)48-28(13-23-15-42-18-45-23)36(60)50-29(40(64)65)14-24-16-43-19-46-24/h5-8,15-16,18-21,26-30,33,53-54H,3-4,9-14,17,41H2,1-2H3,(H,42,45)(H,43,46)(H,44,61)(H,47,58)(H,48,59)(H,49,62)(H,50,60)(H,51,55)(H,56,57)(H,64,65)/t20-,21+,26-,27-,28-,29-,30-,33-/m0/s1. The minimum Gasteiger partial charge on any atom is -0.508 e. The number of phenolic OH excluding ortho intramolecular Hbond substituents is 1. The Morgan fingerprint density at radius 1 is 0.785 bits per heavy atom. The third-order valence-corrected chi connectivity index (χ3v) is 10.3. The van der Waals surface area contributed by atoms with Gasteiger partial charge >= 0.3 is 11.9 Å². The molecule has 25 nitrogen and oxygen atoms in total. The highest BCUT2D eigenvalue weighted by atomic mass is 16.4. The number of nitrogens with two attached hydrogens (primary N) is 1. The number of phenols is 1. The number of nitrogens with one attached hydrogen (secondary N) is 8. The monoisotopic (exact) mass is 910 g/mol. The number of nitrogens with zero attached hydrogens (tertiary/aromatic N) is 3. The third-order valence-electron chi connectivity index (χ3n) is 10.3. The average molecular weight is 911 g/mol. The summed E-state index contributed by atoms with van der Waals surface area (Å²) in [5.74, 6) is -8.52. The molecule has 0 aliphatic carbocycles. The first-order chi connectivity index (χ1) is 30.8. The van der Waals surface area contributed by atoms with E-state index in [1.165, 1.54) is 68.1 Å². The molecule has 1 aliphatic heterocycles. The second-order valence-corrected chi connectivity index (χ2v) is 15.4. The fraction of sp³-hybridized carbons (Fsp3) is 0.475. The lowest BCUT2D eigenvalue weighted by molar-refractivity contribution is -0.142. The third kappa shape index (κ3) is 15.4. The predicted octanol–water partition coefficient (Wildman–Crippen LogP) is -3.93. The zero-order valence-electron chi connectivity index (χ0n) is 35.5. The second kappa shape index (κ2) is 23.9. The first-order valence-corrected chi connectivity index (χ1v) is 20.5. The van der Waals surface area contributed by atoms with E-state index in [0.717, 1.165) is 0 Å². The largest absolute Gasteiger partial charge is 0.508 e. The molecule has 3 heterocycles. The number of aliphatic hydroxyl groups is 1. The molecule has 7 amide bonds. The fourth-order valence-corrected chi connectivity index (χ4v) is 6.78. The van der Waals surface area contributed by atoms with Crippen LogP contribution in [-0.2, 0) is 62.4 Å². The Morgan fingerprint density at radius 2 is 1.35 bits per heavy atom. The van der Waals surface area contributed by atoms with E-state index in [1.807, 2.05) is 0 Å². The Morgan fingerprint density at radius 3 is 1.91 bits per heavy atom. The lowest BCUT2D eigenvalue weighted by Gasteiger charge is -2.28. The number of hydrogen-bond acceptors (Lipinski definition) is 14. The number of aliphatic hydroxyl groups excluding tert-OH is 1. The van der Waals surface area contributed by atoms with Crippen molar-refractivity contribution in [3.63, 3.8) is 0 Å². The number of aromatic amines is 2. The smallest absolute Gasteiger partial charge is 0.326 e. The number of rotatable bonds is 24. The molecule has 4 rings (SSSR count). The van der Waals surface area contributed by atoms with Crippen molar-refractivity contribution in [2.24, 2.45) is 5.73 Å². The summed E-state index contributed by atoms with van der Waals surface area (Å²) in [6, 6.07) is -3.80. The number of benzene rings is 1. The second-order valence-electron chi connectivity index (χ2n) is 15.4. The maximum Gasteiger partial charge on any atom is 0.326 e. The lowest BCUT2D eigenvalue weighted by Crippen LogP contribution is -2.60. The van der Waals surface area contributed by atoms with Crippen molar-refractivity contribution in [3.05, 3.63) is 66.3 Å². The first-order valence-electron chi connectivity index (χ1n) is 20.5. The molecule has 2 aromatic heterocycles. The molecule has 0 unspecified atom stereocenters. The molecule has 3 aromatic rings. The van der Waals surface area contributed by atoms with Crippen LogP contribution in [0, 0.1) is 0 Å². The number of carbonyl (C=O) groups excluding carboxylic acids is 7. The van der Waals surface area contributed by atoms with Gasteiger partial charge in [0.05, 0.1) is 31.3 Å². The maximum absolute atomic E-state index is 14.1. The van der Waals surface area contributed by atoms with Crippen LogP contribution in [0.25, 0.3) is 0 Å². The van der Waals surface area contributed by atoms with Crippen LogP contribution in [0.2, 0.25) is 0 Å². The molecule has 1 saturated heterocycles. The van der Waals surface area contributed by atoms with Crippen LogP contribution >= 0.6 is 0 Å². The Kier molecular flexibility index (Phi) is 18.5. The van der Waals surface area contributed by atoms with E-state index in [0.29, 0.717) is 23.4 Å². The summed E-state index contributed by atoms with van der Waals surface area (Å²) in [5.41, 5.74) is 6.96. The number of likely N-dealkylation sites (tertiary alicyclic amines) is 1. The van der Waals surface area contributed by atoms with Gasteiger partial charge in [0.2, 0.25) is 41.4 Å². The summed E-state index contributed by atoms with van der Waals surface area (Å²) in [4.78, 5) is 131. The molecule has 14 N–H and O–H groups in total. The molecule has 352 valence electrons. The predicted molar refractivity (Wildman–Crippen MR) is 224 cm³/mol. The summed E-state index contributed by atoms with van der Waals surface area (Å²) < 4.78 is 0. The number of aromatic hydroxyl groups is 1. The molecule has 0 saturated carbocycles. The van der Waals surface area contributed by atoms with E-state index in [1.54, 1.807) is 0 Å². The van der Waals surface area contributed by atoms with Crippen LogP contribution in [0.1, 0.15) is 56.5 Å². The van der Waals surface area contributed by atoms with Crippen LogP contribution in [-0.4, -0.2) is 160 Å². The fourth-order valence-electron chi connectivity index (χ4n) is 6.78. The Hall–Kier alpha value is -7.41. The van der Waals surface area contributed by atoms with Gasteiger partial charge in [-0.15, -0.1) is 0 Å². The van der Waals surface area contributed by atoms with Gasteiger partial charge in [-0.2, -0.15) is 0 Å². The van der Waals surface area contributed by atoms with Gasteiger partial charge in [-0.1, -0.05) is 12.1 Å². The molecular weight excluding hydrogens is 857 g/mol. The highest BCUT2D eigenvalue weighted by Gasteiger charge is 2.38. The van der Waals surface area contributed by atoms with E-state index >= 15 is 0 Å². The number of aromatic nitrogens is 4. The Bertz CT molecular complexity index is 2130. The molecular formula is C40H54N12O13. The SMILES string of the molecule is C[C@H](NC(=O)[C@@H](N)CCC(=O)O)C(=O)N1CCC[C@H]1C(=O)NCC(=O)N[C@H](C(=O)N[C@@H](Cc1ccc(O)cc1)C(=O)N[C@@H](Cc1cnc[nH]1)C(=O)N[C@@H](Cc1cnc[nH]1)C(=O)O)[C@@H](C)O. The van der Waals surface area contributed by atoms with Crippen LogP contribution in [0.5, 0.6) is 5.75 Å². The molecule has 25 heteroatoms. The summed E-state index contributed by atoms with van der Waals surface area (Å²) in [7, 11) is 0. The summed E-state index contributed by atoms with van der Waals surface area (Å²) in [6.07, 6.45) is 3.40. The number of imidazole rings is 2. The van der Waals surface area contributed by atoms with Gasteiger partial charge in [0.1, 0.15) is 42.0 Å². The molecule has 1 fully saturated rings. The van der Waals surface area contributed by atoms with Crippen molar-refractivity contribution >= 4 is 53.3 Å². The van der Waals surface area contributed by atoms with E-state index in [2.05, 4.69) is 51.8 Å². The number of carboxylic acid groups (broad SMARTS) is 2. The summed E-state index contributed by atoms with van der Waals surface area (Å²) >= 11 is 0. The summed E-state index contributed by atoms with van der Waals surface area (Å²) in [5, 5.41) is 53.8. The number of carbonyl (C=O) groups is 9. The number of carboxylic acids is 2. The normalized spacial score (nSPS) is 16.6. The van der Waals surface area contributed by atoms with Crippen molar-refractivity contribution in [1.29, 1.82) is 0 Å². The van der Waals surface area contributed by atoms with Gasteiger partial charge in [0.15, 0.2) is 0 Å². The van der Waals surface area contributed by atoms with Gasteiger partial charge in [-0.3, -0.25) is 38.4 Å². The van der Waals surface area contributed by atoms with Crippen molar-refractivity contribution in [1.82, 2.24) is 56.7 Å². The highest BCUT2D eigenvalue weighted by molar-refractivity contribution is 5.97. The first kappa shape index (κ1) is 50.2. The molecule has 0 spiro atoms. The minimum atomic E-state index is -1.70. The van der Waals surface area contributed by atoms with Gasteiger partial charge in [-0.05, 0) is 50.8 Å². The van der Waals surface area contributed by atoms with Crippen LogP contribution in [0.15, 0.2) is 49.3 Å². The van der Waals surface area contributed by atoms with Gasteiger partial charge in [-0.25, -0.2) is 14.8 Å². The lowest BCUT2D eigenvalue weighted by atomic mass is 10.0. The molecule has 0 radical (unpaired) electrons. The molecule has 0 bridgehead atoms. The number of H-pyrrole nitrogens is 2. The molecule has 65 heavy (non-hydrogen) atoms. The minimum absolute atomic E-state index is 0.0932. The molecule has 1 aromatic carbocycles. The number of aliphatic carboxylic acids is 2. The summed E-state index contributed by atoms with van der Waals surface area (Å²) in [6.45, 7) is 2.01. The van der Waals surface area contributed by atoms with E-state index in [-0.39, 0.29) is 50.8 Å². The van der Waals surface area contributed by atoms with Crippen molar-refractivity contribution < 1.29 is 63.6 Å². The Labute approximate surface area is 371 Å². The van der Waals surface area contributed by atoms with E-state index in [9.17, 15) is 58.5 Å². The molecule has 1 aliphatic rings. The van der Waals surface area contributed by atoms with Crippen molar-refractivity contribution in [2.45, 2.75) is 107 Å². The van der Waals surface area contributed by atoms with Crippen LogP contribution in [0.3, 0.4) is 0 Å². The van der Waals surface area contributed by atoms with Crippen LogP contribution < -0.4 is 37.6 Å². The van der Waals surface area contributed by atoms with E-state index in [4.69, 9.17) is 10.8 Å². The maximum atomic E-state index is 14.1. The number of hydrogen-bond donors (Lipinski definition) is 13.